The fourth-order valence-corrected chi connectivity index (χ4v) is 1.72. The first-order valence-electron chi connectivity index (χ1n) is 4.10. The van der Waals surface area contributed by atoms with E-state index >= 15 is 0 Å². The van der Waals surface area contributed by atoms with Crippen LogP contribution in [-0.4, -0.2) is 29.6 Å². The summed E-state index contributed by atoms with van der Waals surface area (Å²) in [5, 5.41) is 4.17. The summed E-state index contributed by atoms with van der Waals surface area (Å²) < 4.78 is 12.6. The molecular weight excluding hydrogens is 156 g/mol. The first-order chi connectivity index (χ1) is 5.88. The monoisotopic (exact) mass is 166 g/mol. The van der Waals surface area contributed by atoms with E-state index in [0.29, 0.717) is 0 Å². The average molecular weight is 166 g/mol. The Morgan fingerprint density at radius 3 is 3.08 bits per heavy atom. The Morgan fingerprint density at radius 2 is 2.33 bits per heavy atom. The van der Waals surface area contributed by atoms with Gasteiger partial charge in [0.1, 0.15) is 6.61 Å². The third kappa shape index (κ3) is 0.728. The second-order valence-corrected chi connectivity index (χ2v) is 3.61. The number of fused-ring (bicyclic) bond motifs is 1. The molecule has 2 aliphatic heterocycles. The van der Waals surface area contributed by atoms with E-state index in [9.17, 15) is 0 Å². The quantitative estimate of drug-likeness (QED) is 0.556. The lowest BCUT2D eigenvalue weighted by Gasteiger charge is -2.43. The third-order valence-electron chi connectivity index (χ3n) is 2.51. The topological polar surface area (TPSA) is 36.3 Å². The van der Waals surface area contributed by atoms with Gasteiger partial charge in [-0.1, -0.05) is 0 Å². The molecule has 0 N–H and O–H groups in total. The fourth-order valence-electron chi connectivity index (χ4n) is 1.72. The normalized spacial score (nSPS) is 24.3. The van der Waals surface area contributed by atoms with Gasteiger partial charge in [0, 0.05) is 6.07 Å². The van der Waals surface area contributed by atoms with Gasteiger partial charge in [0.05, 0.1) is 31.4 Å². The van der Waals surface area contributed by atoms with Gasteiger partial charge >= 0.3 is 0 Å². The molecule has 0 aromatic carbocycles. The standard InChI is InChI=1S/C8H10N2O2/c1-2-9-10-3-8(4-11-5-8)6-12-7(1)10/h1-2H,3-6H2. The van der Waals surface area contributed by atoms with E-state index in [1.807, 2.05) is 10.7 Å². The van der Waals surface area contributed by atoms with Gasteiger partial charge in [-0.15, -0.1) is 0 Å². The van der Waals surface area contributed by atoms with E-state index in [0.717, 1.165) is 32.2 Å². The number of nitrogens with zero attached hydrogens (tertiary/aromatic N) is 2. The highest BCUT2D eigenvalue weighted by Gasteiger charge is 2.43. The molecular formula is C8H10N2O2. The zero-order valence-corrected chi connectivity index (χ0v) is 6.69. The molecule has 0 saturated carbocycles. The highest BCUT2D eigenvalue weighted by Crippen LogP contribution is 2.34. The lowest BCUT2D eigenvalue weighted by atomic mass is 9.86. The molecule has 1 aromatic heterocycles. The Kier molecular flexibility index (Phi) is 1.09. The molecule has 0 atom stereocenters. The number of ether oxygens (including phenoxy) is 2. The van der Waals surface area contributed by atoms with Crippen LogP contribution in [0.3, 0.4) is 0 Å². The van der Waals surface area contributed by atoms with Crippen LogP contribution in [-0.2, 0) is 11.3 Å². The minimum absolute atomic E-state index is 0.221. The maximum Gasteiger partial charge on any atom is 0.211 e. The summed E-state index contributed by atoms with van der Waals surface area (Å²) in [4.78, 5) is 0. The molecule has 64 valence electrons. The molecule has 0 aliphatic carbocycles. The molecule has 12 heavy (non-hydrogen) atoms. The Hall–Kier alpha value is -1.03. The summed E-state index contributed by atoms with van der Waals surface area (Å²) in [5.41, 5.74) is 0.221. The molecule has 3 rings (SSSR count). The van der Waals surface area contributed by atoms with Gasteiger partial charge in [-0.3, -0.25) is 0 Å². The van der Waals surface area contributed by atoms with Crippen LogP contribution in [0, 0.1) is 5.41 Å². The Morgan fingerprint density at radius 1 is 1.42 bits per heavy atom. The van der Waals surface area contributed by atoms with Gasteiger partial charge in [0.15, 0.2) is 0 Å². The maximum absolute atomic E-state index is 5.54. The number of hydrogen-bond donors (Lipinski definition) is 0. The summed E-state index contributed by atoms with van der Waals surface area (Å²) in [7, 11) is 0. The maximum atomic E-state index is 5.54. The molecule has 0 bridgehead atoms. The Balaban J connectivity index is 1.93. The predicted octanol–water partition coefficient (Wildman–Crippen LogP) is 0.292. The van der Waals surface area contributed by atoms with E-state index in [1.54, 1.807) is 6.20 Å². The van der Waals surface area contributed by atoms with Crippen molar-refractivity contribution in [3.05, 3.63) is 12.3 Å². The SMILES string of the molecule is c1cc2n(n1)CC1(COC1)CO2. The van der Waals surface area contributed by atoms with Crippen molar-refractivity contribution in [2.45, 2.75) is 6.54 Å². The second kappa shape index (κ2) is 2.01. The third-order valence-corrected chi connectivity index (χ3v) is 2.51. The molecule has 2 aliphatic rings. The van der Waals surface area contributed by atoms with Crippen molar-refractivity contribution in [3.63, 3.8) is 0 Å². The van der Waals surface area contributed by atoms with Crippen molar-refractivity contribution in [2.75, 3.05) is 19.8 Å². The summed E-state index contributed by atoms with van der Waals surface area (Å²) in [6.07, 6.45) is 1.77. The van der Waals surface area contributed by atoms with Crippen molar-refractivity contribution in [1.82, 2.24) is 9.78 Å². The highest BCUT2D eigenvalue weighted by atomic mass is 16.5. The molecule has 4 heteroatoms. The van der Waals surface area contributed by atoms with Crippen LogP contribution in [0.15, 0.2) is 12.3 Å². The molecule has 0 unspecified atom stereocenters. The minimum Gasteiger partial charge on any atom is -0.477 e. The van der Waals surface area contributed by atoms with E-state index in [-0.39, 0.29) is 5.41 Å². The van der Waals surface area contributed by atoms with Crippen molar-refractivity contribution in [1.29, 1.82) is 0 Å². The molecule has 1 aromatic rings. The molecule has 1 fully saturated rings. The largest absolute Gasteiger partial charge is 0.477 e. The lowest BCUT2D eigenvalue weighted by Crippen LogP contribution is -2.52. The molecule has 1 spiro atoms. The van der Waals surface area contributed by atoms with Crippen LogP contribution in [0.2, 0.25) is 0 Å². The Bertz CT molecular complexity index is 304. The summed E-state index contributed by atoms with van der Waals surface area (Å²) in [5.74, 6) is 0.882. The molecule has 0 amide bonds. The first kappa shape index (κ1) is 6.48. The van der Waals surface area contributed by atoms with Crippen molar-refractivity contribution in [2.24, 2.45) is 5.41 Å². The van der Waals surface area contributed by atoms with Gasteiger partial charge in [0.2, 0.25) is 5.88 Å². The Labute approximate surface area is 70.1 Å². The number of hydrogen-bond acceptors (Lipinski definition) is 3. The van der Waals surface area contributed by atoms with Crippen molar-refractivity contribution >= 4 is 0 Å². The zero-order chi connectivity index (χ0) is 8.02. The second-order valence-electron chi connectivity index (χ2n) is 3.61. The minimum atomic E-state index is 0.221. The molecule has 0 radical (unpaired) electrons. The van der Waals surface area contributed by atoms with Gasteiger partial charge in [-0.05, 0) is 0 Å². The van der Waals surface area contributed by atoms with Gasteiger partial charge < -0.3 is 9.47 Å². The first-order valence-corrected chi connectivity index (χ1v) is 4.10. The van der Waals surface area contributed by atoms with Crippen molar-refractivity contribution in [3.8, 4) is 5.88 Å². The van der Waals surface area contributed by atoms with E-state index < -0.39 is 0 Å². The number of rotatable bonds is 0. The van der Waals surface area contributed by atoms with E-state index in [1.165, 1.54) is 0 Å². The summed E-state index contributed by atoms with van der Waals surface area (Å²) in [6, 6.07) is 1.90. The van der Waals surface area contributed by atoms with Crippen LogP contribution in [0.5, 0.6) is 5.88 Å². The van der Waals surface area contributed by atoms with Gasteiger partial charge in [-0.2, -0.15) is 5.10 Å². The molecule has 3 heterocycles. The van der Waals surface area contributed by atoms with E-state index in [4.69, 9.17) is 9.47 Å². The van der Waals surface area contributed by atoms with Gasteiger partial charge in [0.25, 0.3) is 0 Å². The van der Waals surface area contributed by atoms with Crippen LogP contribution >= 0.6 is 0 Å². The van der Waals surface area contributed by atoms with E-state index in [2.05, 4.69) is 5.10 Å². The highest BCUT2D eigenvalue weighted by molar-refractivity contribution is 5.11. The molecule has 4 nitrogen and oxygen atoms in total. The lowest BCUT2D eigenvalue weighted by molar-refractivity contribution is -0.153. The fraction of sp³-hybridized carbons (Fsp3) is 0.625. The smallest absolute Gasteiger partial charge is 0.211 e. The van der Waals surface area contributed by atoms with Crippen molar-refractivity contribution < 1.29 is 9.47 Å². The zero-order valence-electron chi connectivity index (χ0n) is 6.69. The average Bonchev–Trinajstić information content (AvgIpc) is 2.46. The predicted molar refractivity (Wildman–Crippen MR) is 41.0 cm³/mol. The molecule has 1 saturated heterocycles. The summed E-state index contributed by atoms with van der Waals surface area (Å²) >= 11 is 0. The van der Waals surface area contributed by atoms with Crippen LogP contribution < -0.4 is 4.74 Å². The number of aromatic nitrogens is 2. The van der Waals surface area contributed by atoms with Crippen LogP contribution in [0.4, 0.5) is 0 Å². The van der Waals surface area contributed by atoms with Crippen LogP contribution in [0.1, 0.15) is 0 Å². The summed E-state index contributed by atoms with van der Waals surface area (Å²) in [6.45, 7) is 3.34. The van der Waals surface area contributed by atoms with Crippen LogP contribution in [0.25, 0.3) is 0 Å². The van der Waals surface area contributed by atoms with Gasteiger partial charge in [-0.25, -0.2) is 4.68 Å².